The molecule has 136 valence electrons. The number of hydrogen-bond acceptors (Lipinski definition) is 5. The van der Waals surface area contributed by atoms with Crippen LogP contribution < -0.4 is 0 Å². The molecule has 2 heterocycles. The zero-order valence-corrected chi connectivity index (χ0v) is 16.3. The Hall–Kier alpha value is -1.76. The number of amidine groups is 1. The van der Waals surface area contributed by atoms with E-state index in [1.165, 1.54) is 22.7 Å². The summed E-state index contributed by atoms with van der Waals surface area (Å²) in [7, 11) is 0. The highest BCUT2D eigenvalue weighted by atomic mass is 35.5. The smallest absolute Gasteiger partial charge is 0.338 e. The maximum atomic E-state index is 12.7. The summed E-state index contributed by atoms with van der Waals surface area (Å²) < 4.78 is 5.23. The van der Waals surface area contributed by atoms with Gasteiger partial charge in [-0.3, -0.25) is 9.69 Å². The molecule has 26 heavy (non-hydrogen) atoms. The van der Waals surface area contributed by atoms with Crippen molar-refractivity contribution in [2.45, 2.75) is 19.4 Å². The maximum absolute atomic E-state index is 12.7. The lowest BCUT2D eigenvalue weighted by molar-refractivity contribution is -0.139. The van der Waals surface area contributed by atoms with Gasteiger partial charge in [-0.2, -0.15) is 0 Å². The van der Waals surface area contributed by atoms with Crippen molar-refractivity contribution in [2.24, 2.45) is 4.99 Å². The third-order valence-electron chi connectivity index (χ3n) is 4.02. The molecule has 0 bridgehead atoms. The van der Waals surface area contributed by atoms with Crippen molar-refractivity contribution >= 4 is 52.0 Å². The van der Waals surface area contributed by atoms with Crippen LogP contribution in [0, 0.1) is 0 Å². The van der Waals surface area contributed by atoms with Gasteiger partial charge in [0, 0.05) is 22.2 Å². The average Bonchev–Trinajstić information content (AvgIpc) is 2.59. The number of rotatable bonds is 4. The van der Waals surface area contributed by atoms with Gasteiger partial charge in [0.15, 0.2) is 5.17 Å². The highest BCUT2D eigenvalue weighted by molar-refractivity contribution is 8.14. The fourth-order valence-electron chi connectivity index (χ4n) is 2.89. The molecule has 0 aromatic heterocycles. The van der Waals surface area contributed by atoms with Crippen LogP contribution in [0.2, 0.25) is 10.0 Å². The van der Waals surface area contributed by atoms with E-state index in [9.17, 15) is 9.59 Å². The molecule has 5 nitrogen and oxygen atoms in total. The maximum Gasteiger partial charge on any atom is 0.338 e. The average molecular weight is 411 g/mol. The lowest BCUT2D eigenvalue weighted by atomic mass is 9.94. The number of carbonyl (C=O) groups is 2. The summed E-state index contributed by atoms with van der Waals surface area (Å²) in [6.45, 7) is 5.34. The fraction of sp³-hybridized carbons (Fsp3) is 0.278. The Morgan fingerprint density at radius 2 is 2.27 bits per heavy atom. The first-order chi connectivity index (χ1) is 12.4. The van der Waals surface area contributed by atoms with Crippen molar-refractivity contribution in [1.82, 2.24) is 4.90 Å². The molecule has 2 aliphatic rings. The topological polar surface area (TPSA) is 59.0 Å². The van der Waals surface area contributed by atoms with Gasteiger partial charge in [0.1, 0.15) is 6.61 Å². The first-order valence-corrected chi connectivity index (χ1v) is 9.65. The zero-order valence-electron chi connectivity index (χ0n) is 14.0. The lowest BCUT2D eigenvalue weighted by Crippen LogP contribution is -2.46. The third-order valence-corrected chi connectivity index (χ3v) is 5.53. The molecular formula is C18H16Cl2N2O3S. The molecule has 0 aliphatic carbocycles. The third kappa shape index (κ3) is 3.54. The highest BCUT2D eigenvalue weighted by Crippen LogP contribution is 2.42. The van der Waals surface area contributed by atoms with E-state index in [2.05, 4.69) is 11.6 Å². The van der Waals surface area contributed by atoms with Gasteiger partial charge < -0.3 is 4.74 Å². The molecule has 8 heteroatoms. The summed E-state index contributed by atoms with van der Waals surface area (Å²) in [4.78, 5) is 31.3. The van der Waals surface area contributed by atoms with Gasteiger partial charge in [0.05, 0.1) is 17.3 Å². The quantitative estimate of drug-likeness (QED) is 0.545. The summed E-state index contributed by atoms with van der Waals surface area (Å²) in [5.41, 5.74) is 1.39. The van der Waals surface area contributed by atoms with E-state index in [0.29, 0.717) is 38.6 Å². The van der Waals surface area contributed by atoms with E-state index in [1.807, 2.05) is 0 Å². The van der Waals surface area contributed by atoms with Crippen molar-refractivity contribution in [1.29, 1.82) is 0 Å². The van der Waals surface area contributed by atoms with Crippen molar-refractivity contribution in [3.05, 3.63) is 57.7 Å². The minimum atomic E-state index is -0.704. The molecule has 1 fully saturated rings. The van der Waals surface area contributed by atoms with Crippen LogP contribution in [-0.4, -0.2) is 34.3 Å². The number of ether oxygens (including phenoxy) is 1. The Labute approximate surface area is 165 Å². The van der Waals surface area contributed by atoms with E-state index in [0.717, 1.165) is 0 Å². The first kappa shape index (κ1) is 19.0. The largest absolute Gasteiger partial charge is 0.458 e. The van der Waals surface area contributed by atoms with Crippen LogP contribution in [0.25, 0.3) is 0 Å². The molecule has 0 radical (unpaired) electrons. The number of fused-ring (bicyclic) bond motifs is 1. The van der Waals surface area contributed by atoms with Crippen LogP contribution in [0.3, 0.4) is 0 Å². The van der Waals surface area contributed by atoms with Gasteiger partial charge in [-0.05, 0) is 24.6 Å². The SMILES string of the molecule is C=CCOC(=O)C1=C(C)N=C2SCCC(=O)N2[C@H]1c1ccc(Cl)cc1Cl. The molecule has 1 saturated heterocycles. The molecule has 0 unspecified atom stereocenters. The second-order valence-electron chi connectivity index (χ2n) is 5.71. The van der Waals surface area contributed by atoms with Crippen LogP contribution in [-0.2, 0) is 14.3 Å². The Balaban J connectivity index is 2.16. The molecule has 0 saturated carbocycles. The van der Waals surface area contributed by atoms with Gasteiger partial charge in [-0.15, -0.1) is 0 Å². The normalized spacial score (nSPS) is 19.8. The fourth-order valence-corrected chi connectivity index (χ4v) is 4.41. The van der Waals surface area contributed by atoms with Gasteiger partial charge in [-0.1, -0.05) is 53.7 Å². The van der Waals surface area contributed by atoms with Crippen LogP contribution in [0.1, 0.15) is 24.9 Å². The summed E-state index contributed by atoms with van der Waals surface area (Å²) in [6, 6.07) is 4.29. The number of allylic oxidation sites excluding steroid dienone is 1. The van der Waals surface area contributed by atoms with Crippen molar-refractivity contribution in [2.75, 3.05) is 12.4 Å². The second kappa shape index (κ2) is 7.86. The summed E-state index contributed by atoms with van der Waals surface area (Å²) in [5.74, 6) is -0.0108. The van der Waals surface area contributed by atoms with E-state index >= 15 is 0 Å². The number of carbonyl (C=O) groups excluding carboxylic acids is 2. The molecule has 3 rings (SSSR count). The number of benzene rings is 1. The van der Waals surface area contributed by atoms with E-state index < -0.39 is 12.0 Å². The Morgan fingerprint density at radius 1 is 1.50 bits per heavy atom. The van der Waals surface area contributed by atoms with Gasteiger partial charge in [-0.25, -0.2) is 9.79 Å². The number of esters is 1. The number of amides is 1. The predicted octanol–water partition coefficient (Wildman–Crippen LogP) is 4.37. The Morgan fingerprint density at radius 3 is 2.96 bits per heavy atom. The minimum Gasteiger partial charge on any atom is -0.458 e. The molecule has 1 aromatic carbocycles. The predicted molar refractivity (Wildman–Crippen MR) is 104 cm³/mol. The van der Waals surface area contributed by atoms with Gasteiger partial charge >= 0.3 is 5.97 Å². The molecule has 0 N–H and O–H groups in total. The number of aliphatic imine (C=N–C) groups is 1. The Kier molecular flexibility index (Phi) is 5.75. The molecule has 1 aromatic rings. The van der Waals surface area contributed by atoms with Crippen LogP contribution in [0.5, 0.6) is 0 Å². The van der Waals surface area contributed by atoms with Crippen molar-refractivity contribution in [3.8, 4) is 0 Å². The summed E-state index contributed by atoms with van der Waals surface area (Å²) in [5, 5.41) is 1.41. The number of nitrogens with zero attached hydrogens (tertiary/aromatic N) is 2. The summed E-state index contributed by atoms with van der Waals surface area (Å²) >= 11 is 13.9. The number of thioether (sulfide) groups is 1. The minimum absolute atomic E-state index is 0.0654. The van der Waals surface area contributed by atoms with Gasteiger partial charge in [0.2, 0.25) is 5.91 Å². The molecular weight excluding hydrogens is 395 g/mol. The molecule has 2 aliphatic heterocycles. The van der Waals surface area contributed by atoms with Gasteiger partial charge in [0.25, 0.3) is 0 Å². The standard InChI is InChI=1S/C18H16Cl2N2O3S/c1-3-7-25-17(24)15-10(2)21-18-22(14(23)6-8-26-18)16(15)12-5-4-11(19)9-13(12)20/h3-5,9,16H,1,6-8H2,2H3/t16-/m0/s1. The van der Waals surface area contributed by atoms with Crippen molar-refractivity contribution < 1.29 is 14.3 Å². The molecule has 1 amide bonds. The van der Waals surface area contributed by atoms with Crippen LogP contribution >= 0.6 is 35.0 Å². The first-order valence-electron chi connectivity index (χ1n) is 7.91. The van der Waals surface area contributed by atoms with Crippen LogP contribution in [0.4, 0.5) is 0 Å². The summed E-state index contributed by atoms with van der Waals surface area (Å²) in [6.07, 6.45) is 1.84. The highest BCUT2D eigenvalue weighted by Gasteiger charge is 2.42. The van der Waals surface area contributed by atoms with Crippen molar-refractivity contribution in [3.63, 3.8) is 0 Å². The lowest BCUT2D eigenvalue weighted by Gasteiger charge is -2.39. The zero-order chi connectivity index (χ0) is 18.8. The Bertz CT molecular complexity index is 851. The molecule has 1 atom stereocenters. The monoisotopic (exact) mass is 410 g/mol. The second-order valence-corrected chi connectivity index (χ2v) is 7.62. The van der Waals surface area contributed by atoms with E-state index in [-0.39, 0.29) is 18.1 Å². The van der Waals surface area contributed by atoms with E-state index in [4.69, 9.17) is 27.9 Å². The number of hydrogen-bond donors (Lipinski definition) is 0. The molecule has 0 spiro atoms. The van der Waals surface area contributed by atoms with Crippen LogP contribution in [0.15, 0.2) is 47.1 Å². The van der Waals surface area contributed by atoms with E-state index in [1.54, 1.807) is 25.1 Å². The number of halogens is 2.